The zero-order chi connectivity index (χ0) is 11.4. The number of nitrogens with one attached hydrogen (secondary N) is 1. The van der Waals surface area contributed by atoms with E-state index in [1.54, 1.807) is 6.07 Å². The van der Waals surface area contributed by atoms with Gasteiger partial charge in [0.25, 0.3) is 0 Å². The maximum Gasteiger partial charge on any atom is 0.166 e. The Kier molecular flexibility index (Phi) is 3.37. The van der Waals surface area contributed by atoms with Crippen molar-refractivity contribution in [3.8, 4) is 11.8 Å². The Labute approximate surface area is 93.8 Å². The summed E-state index contributed by atoms with van der Waals surface area (Å²) in [5, 5.41) is 11.7. The molecule has 1 aromatic rings. The van der Waals surface area contributed by atoms with Crippen LogP contribution in [0.5, 0.6) is 5.75 Å². The third-order valence-corrected chi connectivity index (χ3v) is 2.71. The van der Waals surface area contributed by atoms with Crippen LogP contribution in [0.4, 0.5) is 4.39 Å². The maximum atomic E-state index is 13.4. The molecule has 0 aromatic heterocycles. The van der Waals surface area contributed by atoms with Gasteiger partial charge in [0.2, 0.25) is 0 Å². The second-order valence-corrected chi connectivity index (χ2v) is 3.92. The Morgan fingerprint density at radius 3 is 2.88 bits per heavy atom. The lowest BCUT2D eigenvalue weighted by molar-refractivity contribution is 0.232. The van der Waals surface area contributed by atoms with Crippen LogP contribution >= 0.6 is 0 Å². The van der Waals surface area contributed by atoms with Gasteiger partial charge < -0.3 is 10.1 Å². The number of nitriles is 1. The fourth-order valence-electron chi connectivity index (χ4n) is 1.58. The third kappa shape index (κ3) is 2.50. The predicted octanol–water partition coefficient (Wildman–Crippen LogP) is 1.69. The van der Waals surface area contributed by atoms with Crippen LogP contribution in [0, 0.1) is 23.1 Å². The van der Waals surface area contributed by atoms with Gasteiger partial charge in [-0.1, -0.05) is 0 Å². The molecular weight excluding hydrogens is 207 g/mol. The van der Waals surface area contributed by atoms with Gasteiger partial charge in [0.15, 0.2) is 11.6 Å². The van der Waals surface area contributed by atoms with Crippen molar-refractivity contribution in [2.24, 2.45) is 5.92 Å². The highest BCUT2D eigenvalue weighted by Crippen LogP contribution is 2.19. The highest BCUT2D eigenvalue weighted by Gasteiger charge is 2.16. The normalized spacial score (nSPS) is 15.2. The lowest BCUT2D eigenvalue weighted by Crippen LogP contribution is -2.42. The minimum atomic E-state index is -0.467. The van der Waals surface area contributed by atoms with Crippen molar-refractivity contribution >= 4 is 0 Å². The van der Waals surface area contributed by atoms with E-state index in [4.69, 9.17) is 10.00 Å². The molecule has 0 saturated carbocycles. The minimum absolute atomic E-state index is 0.228. The molecule has 1 saturated heterocycles. The van der Waals surface area contributed by atoms with E-state index in [9.17, 15) is 4.39 Å². The summed E-state index contributed by atoms with van der Waals surface area (Å²) in [5.74, 6) is 0.415. The van der Waals surface area contributed by atoms with Crippen molar-refractivity contribution in [3.63, 3.8) is 0 Å². The highest BCUT2D eigenvalue weighted by molar-refractivity contribution is 5.35. The van der Waals surface area contributed by atoms with Crippen molar-refractivity contribution in [2.45, 2.75) is 6.42 Å². The van der Waals surface area contributed by atoms with Crippen LogP contribution in [-0.2, 0) is 0 Å². The molecule has 1 N–H and O–H groups in total. The van der Waals surface area contributed by atoms with E-state index in [1.165, 1.54) is 12.1 Å². The second-order valence-electron chi connectivity index (χ2n) is 3.92. The van der Waals surface area contributed by atoms with Gasteiger partial charge in [0.1, 0.15) is 0 Å². The van der Waals surface area contributed by atoms with Crippen LogP contribution in [0.1, 0.15) is 12.0 Å². The molecule has 0 bridgehead atoms. The minimum Gasteiger partial charge on any atom is -0.491 e. The van der Waals surface area contributed by atoms with Crippen LogP contribution in [0.15, 0.2) is 18.2 Å². The Bertz CT molecular complexity index is 410. The zero-order valence-electron chi connectivity index (χ0n) is 8.87. The predicted molar refractivity (Wildman–Crippen MR) is 57.6 cm³/mol. The molecule has 2 rings (SSSR count). The van der Waals surface area contributed by atoms with Crippen molar-refractivity contribution < 1.29 is 9.13 Å². The number of nitrogens with zero attached hydrogens (tertiary/aromatic N) is 1. The smallest absolute Gasteiger partial charge is 0.166 e. The maximum absolute atomic E-state index is 13.4. The van der Waals surface area contributed by atoms with E-state index in [0.717, 1.165) is 19.5 Å². The molecule has 84 valence electrons. The van der Waals surface area contributed by atoms with Gasteiger partial charge in [0.05, 0.1) is 18.2 Å². The monoisotopic (exact) mass is 220 g/mol. The largest absolute Gasteiger partial charge is 0.491 e. The number of rotatable bonds is 4. The fraction of sp³-hybridized carbons (Fsp3) is 0.417. The molecule has 0 aliphatic carbocycles. The van der Waals surface area contributed by atoms with Crippen LogP contribution < -0.4 is 10.1 Å². The van der Waals surface area contributed by atoms with Crippen LogP contribution in [0.25, 0.3) is 0 Å². The molecule has 1 fully saturated rings. The Balaban J connectivity index is 1.86. The average molecular weight is 220 g/mol. The van der Waals surface area contributed by atoms with E-state index >= 15 is 0 Å². The number of ether oxygens (including phenoxy) is 1. The molecule has 4 heteroatoms. The molecule has 0 radical (unpaired) electrons. The summed E-state index contributed by atoms with van der Waals surface area (Å²) in [6.45, 7) is 2.58. The van der Waals surface area contributed by atoms with Crippen molar-refractivity contribution in [2.75, 3.05) is 19.7 Å². The molecule has 16 heavy (non-hydrogen) atoms. The molecule has 0 amide bonds. The number of hydrogen-bond donors (Lipinski definition) is 1. The average Bonchev–Trinajstić information content (AvgIpc) is 2.23. The van der Waals surface area contributed by atoms with E-state index < -0.39 is 5.82 Å². The first-order chi connectivity index (χ1) is 7.79. The molecule has 1 heterocycles. The van der Waals surface area contributed by atoms with Gasteiger partial charge in [-0.25, -0.2) is 4.39 Å². The number of hydrogen-bond acceptors (Lipinski definition) is 3. The Morgan fingerprint density at radius 2 is 2.31 bits per heavy atom. The summed E-state index contributed by atoms with van der Waals surface area (Å²) < 4.78 is 18.7. The number of halogens is 1. The zero-order valence-corrected chi connectivity index (χ0v) is 8.87. The summed E-state index contributed by atoms with van der Waals surface area (Å²) in [6.07, 6.45) is 0.937. The summed E-state index contributed by atoms with van der Waals surface area (Å²) in [5.41, 5.74) is 0.313. The van der Waals surface area contributed by atoms with E-state index in [-0.39, 0.29) is 5.75 Å². The van der Waals surface area contributed by atoms with Crippen molar-refractivity contribution in [1.82, 2.24) is 5.32 Å². The standard InChI is InChI=1S/C12H13FN2O/c13-11-5-9(6-14)1-2-12(11)16-4-3-10-7-15-8-10/h1-2,5,10,15H,3-4,7-8H2. The van der Waals surface area contributed by atoms with E-state index in [2.05, 4.69) is 5.32 Å². The number of benzene rings is 1. The van der Waals surface area contributed by atoms with E-state index in [0.29, 0.717) is 18.1 Å². The summed E-state index contributed by atoms with van der Waals surface area (Å²) in [4.78, 5) is 0. The lowest BCUT2D eigenvalue weighted by atomic mass is 10.0. The molecule has 1 aromatic carbocycles. The molecule has 0 spiro atoms. The fourth-order valence-corrected chi connectivity index (χ4v) is 1.58. The SMILES string of the molecule is N#Cc1ccc(OCCC2CNC2)c(F)c1. The lowest BCUT2D eigenvalue weighted by Gasteiger charge is -2.26. The Morgan fingerprint density at radius 1 is 1.50 bits per heavy atom. The third-order valence-electron chi connectivity index (χ3n) is 2.71. The Hall–Kier alpha value is -1.60. The van der Waals surface area contributed by atoms with Crippen molar-refractivity contribution in [1.29, 1.82) is 5.26 Å². The quantitative estimate of drug-likeness (QED) is 0.839. The topological polar surface area (TPSA) is 45.0 Å². The first-order valence-corrected chi connectivity index (χ1v) is 5.33. The summed E-state index contributed by atoms with van der Waals surface area (Å²) in [6, 6.07) is 6.14. The van der Waals surface area contributed by atoms with Crippen LogP contribution in [-0.4, -0.2) is 19.7 Å². The molecule has 1 aliphatic heterocycles. The molecular formula is C12H13FN2O. The molecule has 3 nitrogen and oxygen atoms in total. The highest BCUT2D eigenvalue weighted by atomic mass is 19.1. The summed E-state index contributed by atoms with van der Waals surface area (Å²) in [7, 11) is 0. The van der Waals surface area contributed by atoms with Crippen molar-refractivity contribution in [3.05, 3.63) is 29.6 Å². The second kappa shape index (κ2) is 4.95. The van der Waals surface area contributed by atoms with Gasteiger partial charge in [-0.05, 0) is 43.6 Å². The molecule has 1 aliphatic rings. The van der Waals surface area contributed by atoms with E-state index in [1.807, 2.05) is 6.07 Å². The molecule has 0 atom stereocenters. The first kappa shape index (κ1) is 10.9. The van der Waals surface area contributed by atoms with Gasteiger partial charge >= 0.3 is 0 Å². The summed E-state index contributed by atoms with van der Waals surface area (Å²) >= 11 is 0. The van der Waals surface area contributed by atoms with Gasteiger partial charge in [-0.2, -0.15) is 5.26 Å². The van der Waals surface area contributed by atoms with Gasteiger partial charge in [-0.3, -0.25) is 0 Å². The molecule has 0 unspecified atom stereocenters. The van der Waals surface area contributed by atoms with Gasteiger partial charge in [0, 0.05) is 0 Å². The van der Waals surface area contributed by atoms with Gasteiger partial charge in [-0.15, -0.1) is 0 Å². The van der Waals surface area contributed by atoms with Crippen LogP contribution in [0.2, 0.25) is 0 Å². The first-order valence-electron chi connectivity index (χ1n) is 5.33. The van der Waals surface area contributed by atoms with Crippen LogP contribution in [0.3, 0.4) is 0 Å².